The molecule has 3 heterocycles. The minimum atomic E-state index is -1.07. The Hall–Kier alpha value is -2.54. The Morgan fingerprint density at radius 1 is 1.42 bits per heavy atom. The van der Waals surface area contributed by atoms with E-state index in [0.29, 0.717) is 49.5 Å². The molecule has 1 aliphatic rings. The van der Waals surface area contributed by atoms with Gasteiger partial charge in [0.1, 0.15) is 17.7 Å². The maximum absolute atomic E-state index is 13.9. The van der Waals surface area contributed by atoms with Crippen LogP contribution in [-0.2, 0) is 24.2 Å². The number of amides is 1. The average Bonchev–Trinajstić information content (AvgIpc) is 3.29. The molecule has 0 fully saturated rings. The molecule has 0 saturated heterocycles. The summed E-state index contributed by atoms with van der Waals surface area (Å²) >= 11 is 2.29. The van der Waals surface area contributed by atoms with Crippen LogP contribution in [0.1, 0.15) is 30.3 Å². The van der Waals surface area contributed by atoms with E-state index in [2.05, 4.69) is 48.9 Å². The van der Waals surface area contributed by atoms with E-state index < -0.39 is 18.1 Å². The zero-order valence-electron chi connectivity index (χ0n) is 16.9. The van der Waals surface area contributed by atoms with Crippen LogP contribution in [0.2, 0.25) is 0 Å². The molecule has 9 nitrogen and oxygen atoms in total. The number of nitrogens with zero attached hydrogens (tertiary/aromatic N) is 4. The van der Waals surface area contributed by atoms with Gasteiger partial charge in [-0.05, 0) is 59.2 Å². The average molecular weight is 540 g/mol. The molecule has 4 N–H and O–H groups in total. The van der Waals surface area contributed by atoms with E-state index in [1.807, 2.05) is 6.07 Å². The Balaban J connectivity index is 1.64. The molecule has 0 aliphatic carbocycles. The van der Waals surface area contributed by atoms with Crippen LogP contribution < -0.4 is 15.8 Å². The van der Waals surface area contributed by atoms with Crippen molar-refractivity contribution in [1.29, 1.82) is 0 Å². The van der Waals surface area contributed by atoms with Crippen LogP contribution in [0, 0.1) is 9.65 Å². The van der Waals surface area contributed by atoms with Crippen LogP contribution in [0.4, 0.5) is 10.2 Å². The first kappa shape index (κ1) is 21.7. The lowest BCUT2D eigenvalue weighted by molar-refractivity contribution is -0.128. The molecule has 1 atom stereocenters. The highest BCUT2D eigenvalue weighted by molar-refractivity contribution is 14.1. The van der Waals surface area contributed by atoms with Crippen LogP contribution in [-0.4, -0.2) is 49.8 Å². The van der Waals surface area contributed by atoms with Gasteiger partial charge in [0.25, 0.3) is 0 Å². The summed E-state index contributed by atoms with van der Waals surface area (Å²) in [4.78, 5) is 23.7. The minimum absolute atomic E-state index is 0.0168. The number of aliphatic hydroxyl groups excluding tert-OH is 1. The number of benzene rings is 1. The van der Waals surface area contributed by atoms with Gasteiger partial charge >= 0.3 is 6.08 Å². The number of halogens is 2. The first-order valence-corrected chi connectivity index (χ1v) is 11.0. The van der Waals surface area contributed by atoms with Gasteiger partial charge < -0.3 is 25.5 Å². The zero-order valence-corrected chi connectivity index (χ0v) is 19.0. The van der Waals surface area contributed by atoms with Gasteiger partial charge in [0.05, 0.1) is 6.61 Å². The SMILES string of the molecule is C[C@H](O)C(=O)NCCCn1c(Cc2cc3c(cc2I)CCO3)nc2c(N)nc(F)nc21. The molecule has 0 spiro atoms. The number of aliphatic hydroxyl groups is 1. The van der Waals surface area contributed by atoms with Gasteiger partial charge in [-0.2, -0.15) is 14.4 Å². The molecule has 0 bridgehead atoms. The lowest BCUT2D eigenvalue weighted by Gasteiger charge is -2.12. The van der Waals surface area contributed by atoms with Gasteiger partial charge in [-0.1, -0.05) is 0 Å². The lowest BCUT2D eigenvalue weighted by atomic mass is 10.1. The van der Waals surface area contributed by atoms with E-state index >= 15 is 0 Å². The normalized spacial score (nSPS) is 13.8. The van der Waals surface area contributed by atoms with E-state index in [-0.39, 0.29) is 5.82 Å². The van der Waals surface area contributed by atoms with Gasteiger partial charge in [-0.25, -0.2) is 4.98 Å². The number of imidazole rings is 1. The number of carbonyl (C=O) groups excluding carboxylic acids is 1. The number of fused-ring (bicyclic) bond motifs is 2. The third-order valence-corrected chi connectivity index (χ3v) is 6.12. The summed E-state index contributed by atoms with van der Waals surface area (Å²) in [6, 6.07) is 4.14. The topological polar surface area (TPSA) is 128 Å². The highest BCUT2D eigenvalue weighted by atomic mass is 127. The maximum atomic E-state index is 13.9. The molecular weight excluding hydrogens is 518 g/mol. The third kappa shape index (κ3) is 4.56. The number of carbonyl (C=O) groups is 1. The number of anilines is 1. The van der Waals surface area contributed by atoms with Crippen molar-refractivity contribution in [2.24, 2.45) is 0 Å². The van der Waals surface area contributed by atoms with E-state index in [4.69, 9.17) is 10.5 Å². The van der Waals surface area contributed by atoms with E-state index in [1.165, 1.54) is 12.5 Å². The van der Waals surface area contributed by atoms with E-state index in [9.17, 15) is 14.3 Å². The van der Waals surface area contributed by atoms with Crippen molar-refractivity contribution in [3.63, 3.8) is 0 Å². The van der Waals surface area contributed by atoms with Crippen molar-refractivity contribution in [2.75, 3.05) is 18.9 Å². The molecular formula is C20H22FIN6O3. The van der Waals surface area contributed by atoms with Crippen molar-refractivity contribution in [3.05, 3.63) is 38.7 Å². The van der Waals surface area contributed by atoms with Crippen molar-refractivity contribution in [2.45, 2.75) is 38.8 Å². The number of aromatic nitrogens is 4. The molecule has 1 amide bonds. The number of rotatable bonds is 7. The molecule has 2 aromatic heterocycles. The molecule has 0 radical (unpaired) electrons. The standard InChI is InChI=1S/C20H22FIN6O3/c1-10(29)19(30)24-4-2-5-28-15(25-16-17(23)26-20(21)27-18(16)28)9-12-8-14-11(3-6-31-14)7-13(12)22/h7-8,10,29H,2-6,9H2,1H3,(H,24,30)(H2,23,26,27)/t10-/m0/s1. The number of nitrogens with one attached hydrogen (secondary N) is 1. The predicted octanol–water partition coefficient (Wildman–Crippen LogP) is 1.56. The number of nitrogens with two attached hydrogens (primary N) is 1. The van der Waals surface area contributed by atoms with Gasteiger partial charge in [0.15, 0.2) is 17.0 Å². The number of ether oxygens (including phenoxy) is 1. The van der Waals surface area contributed by atoms with E-state index in [1.54, 1.807) is 4.57 Å². The Bertz CT molecular complexity index is 1150. The number of nitrogen functional groups attached to an aromatic ring is 1. The largest absolute Gasteiger partial charge is 0.493 e. The molecule has 31 heavy (non-hydrogen) atoms. The second-order valence-electron chi connectivity index (χ2n) is 7.38. The fourth-order valence-corrected chi connectivity index (χ4v) is 4.27. The second-order valence-corrected chi connectivity index (χ2v) is 8.54. The van der Waals surface area contributed by atoms with Crippen molar-refractivity contribution in [1.82, 2.24) is 24.8 Å². The Morgan fingerprint density at radius 2 is 2.23 bits per heavy atom. The number of hydrogen-bond acceptors (Lipinski definition) is 7. The van der Waals surface area contributed by atoms with Gasteiger partial charge in [0, 0.05) is 29.5 Å². The molecule has 1 aliphatic heterocycles. The Kier molecular flexibility index (Phi) is 6.23. The molecule has 3 aromatic rings. The molecule has 0 unspecified atom stereocenters. The monoisotopic (exact) mass is 540 g/mol. The quantitative estimate of drug-likeness (QED) is 0.236. The second kappa shape index (κ2) is 8.91. The summed E-state index contributed by atoms with van der Waals surface area (Å²) in [7, 11) is 0. The van der Waals surface area contributed by atoms with E-state index in [0.717, 1.165) is 21.3 Å². The van der Waals surface area contributed by atoms with Crippen molar-refractivity contribution in [3.8, 4) is 5.75 Å². The lowest BCUT2D eigenvalue weighted by Crippen LogP contribution is -2.33. The predicted molar refractivity (Wildman–Crippen MR) is 120 cm³/mol. The van der Waals surface area contributed by atoms with Gasteiger partial charge in [0.2, 0.25) is 5.91 Å². The Labute approximate surface area is 191 Å². The zero-order chi connectivity index (χ0) is 22.1. The third-order valence-electron chi connectivity index (χ3n) is 5.12. The van der Waals surface area contributed by atoms with Crippen molar-refractivity contribution < 1.29 is 19.0 Å². The summed E-state index contributed by atoms with van der Waals surface area (Å²) in [6.07, 6.45) is -0.0802. The summed E-state index contributed by atoms with van der Waals surface area (Å²) in [5, 5.41) is 11.9. The summed E-state index contributed by atoms with van der Waals surface area (Å²) in [5.41, 5.74) is 8.77. The summed E-state index contributed by atoms with van der Waals surface area (Å²) in [5.74, 6) is 1.08. The molecule has 164 valence electrons. The first-order valence-electron chi connectivity index (χ1n) is 9.91. The van der Waals surface area contributed by atoms with Crippen molar-refractivity contribution >= 4 is 45.5 Å². The highest BCUT2D eigenvalue weighted by Gasteiger charge is 2.20. The van der Waals surface area contributed by atoms with Crippen LogP contribution >= 0.6 is 22.6 Å². The molecule has 4 rings (SSSR count). The molecule has 0 saturated carbocycles. The van der Waals surface area contributed by atoms with Crippen LogP contribution in [0.5, 0.6) is 5.75 Å². The minimum Gasteiger partial charge on any atom is -0.493 e. The molecule has 11 heteroatoms. The Morgan fingerprint density at radius 3 is 3.00 bits per heavy atom. The van der Waals surface area contributed by atoms with Crippen LogP contribution in [0.3, 0.4) is 0 Å². The maximum Gasteiger partial charge on any atom is 0.312 e. The summed E-state index contributed by atoms with van der Waals surface area (Å²) < 4.78 is 22.5. The fraction of sp³-hybridized carbons (Fsp3) is 0.400. The smallest absolute Gasteiger partial charge is 0.312 e. The van der Waals surface area contributed by atoms with Gasteiger partial charge in [-0.3, -0.25) is 4.79 Å². The molecule has 1 aromatic carbocycles. The summed E-state index contributed by atoms with van der Waals surface area (Å²) in [6.45, 7) is 2.86. The highest BCUT2D eigenvalue weighted by Crippen LogP contribution is 2.31. The van der Waals surface area contributed by atoms with Gasteiger partial charge in [-0.15, -0.1) is 0 Å². The fourth-order valence-electron chi connectivity index (χ4n) is 3.55. The van der Waals surface area contributed by atoms with Crippen LogP contribution in [0.15, 0.2) is 12.1 Å². The first-order chi connectivity index (χ1) is 14.8. The number of aryl methyl sites for hydroxylation is 1. The number of hydrogen-bond donors (Lipinski definition) is 3. The van der Waals surface area contributed by atoms with Crippen LogP contribution in [0.25, 0.3) is 11.2 Å².